The molecule has 0 spiro atoms. The second kappa shape index (κ2) is 18.1. The van der Waals surface area contributed by atoms with E-state index in [0.717, 1.165) is 11.5 Å². The summed E-state index contributed by atoms with van der Waals surface area (Å²) in [6, 6.07) is 0. The van der Waals surface area contributed by atoms with Gasteiger partial charge < -0.3 is 11.2 Å². The summed E-state index contributed by atoms with van der Waals surface area (Å²) in [5.41, 5.74) is 0. The molecule has 0 aliphatic heterocycles. The molecule has 0 saturated heterocycles. The molecule has 0 bridgehead atoms. The molecule has 71 valence electrons. The molecule has 0 aliphatic carbocycles. The second-order valence-electron chi connectivity index (χ2n) is 2.26. The van der Waals surface area contributed by atoms with Crippen LogP contribution < -0.4 is 0 Å². The number of hydrogen-bond acceptors (Lipinski definition) is 2. The van der Waals surface area contributed by atoms with Crippen molar-refractivity contribution >= 4 is 18.0 Å². The van der Waals surface area contributed by atoms with Crippen molar-refractivity contribution in [2.75, 3.05) is 11.5 Å². The van der Waals surface area contributed by atoms with Gasteiger partial charge in [-0.3, -0.25) is 6.29 Å². The standard InChI is InChI=1S/C6H11OS.C3H7.La/c1-3-8-5-6(2)4-7;1-3-2;/h6H,3,5H2,1-2H3;3H,1-2H3;/q2*-1;. The van der Waals surface area contributed by atoms with Crippen LogP contribution in [0.25, 0.3) is 0 Å². The van der Waals surface area contributed by atoms with E-state index in [0.29, 0.717) is 0 Å². The van der Waals surface area contributed by atoms with E-state index in [1.54, 1.807) is 11.8 Å². The van der Waals surface area contributed by atoms with Crippen molar-refractivity contribution in [3.63, 3.8) is 0 Å². The van der Waals surface area contributed by atoms with Crippen LogP contribution in [-0.4, -0.2) is 17.8 Å². The summed E-state index contributed by atoms with van der Waals surface area (Å²) in [7, 11) is 0. The average molecular weight is 313 g/mol. The molecular formula is C9H18LaOS-2. The van der Waals surface area contributed by atoms with Crippen molar-refractivity contribution < 1.29 is 40.4 Å². The maximum atomic E-state index is 9.87. The maximum absolute atomic E-state index is 9.87. The van der Waals surface area contributed by atoms with Gasteiger partial charge in [-0.05, 0) is 11.5 Å². The predicted molar refractivity (Wildman–Crippen MR) is 53.5 cm³/mol. The maximum Gasteiger partial charge on any atom is 0 e. The third-order valence-corrected chi connectivity index (χ3v) is 1.92. The zero-order valence-electron chi connectivity index (χ0n) is 8.46. The molecule has 0 saturated carbocycles. The fourth-order valence-electron chi connectivity index (χ4n) is 0.329. The Kier molecular flexibility index (Phi) is 28.5. The Morgan fingerprint density at radius 1 is 1.50 bits per heavy atom. The second-order valence-corrected chi connectivity index (χ2v) is 3.57. The van der Waals surface area contributed by atoms with Gasteiger partial charge in [0.05, 0.1) is 0 Å². The minimum Gasteiger partial charge on any atom is -0.541 e. The van der Waals surface area contributed by atoms with Gasteiger partial charge in [0.15, 0.2) is 0 Å². The van der Waals surface area contributed by atoms with Crippen LogP contribution >= 0.6 is 11.8 Å². The molecule has 0 heterocycles. The van der Waals surface area contributed by atoms with Crippen LogP contribution in [0.4, 0.5) is 0 Å². The molecule has 1 unspecified atom stereocenters. The van der Waals surface area contributed by atoms with Gasteiger partial charge in [-0.1, -0.05) is 13.8 Å². The van der Waals surface area contributed by atoms with Gasteiger partial charge >= 0.3 is 0 Å². The molecule has 0 N–H and O–H groups in total. The van der Waals surface area contributed by atoms with Crippen LogP contribution in [-0.2, 0) is 4.79 Å². The summed E-state index contributed by atoms with van der Waals surface area (Å²) in [5, 5.41) is 0. The number of thioether (sulfide) groups is 1. The van der Waals surface area contributed by atoms with Crippen LogP contribution in [0.1, 0.15) is 27.7 Å². The molecule has 0 aromatic carbocycles. The molecule has 0 aromatic heterocycles. The minimum atomic E-state index is 0. The van der Waals surface area contributed by atoms with Crippen LogP contribution in [0.3, 0.4) is 0 Å². The average Bonchev–Trinajstić information content (AvgIpc) is 2.02. The number of carbonyl (C=O) groups excluding carboxylic acids is 1. The van der Waals surface area contributed by atoms with E-state index in [2.05, 4.69) is 6.92 Å². The molecule has 0 aliphatic rings. The first-order valence-electron chi connectivity index (χ1n) is 3.92. The summed E-state index contributed by atoms with van der Waals surface area (Å²) in [5.74, 6) is 2.12. The summed E-state index contributed by atoms with van der Waals surface area (Å²) in [6.45, 7) is 7.97. The van der Waals surface area contributed by atoms with Crippen molar-refractivity contribution in [1.29, 1.82) is 0 Å². The Labute approximate surface area is 109 Å². The molecule has 0 aromatic rings. The van der Waals surface area contributed by atoms with Gasteiger partial charge in [-0.2, -0.15) is 25.6 Å². The fourth-order valence-corrected chi connectivity index (χ4v) is 0.986. The van der Waals surface area contributed by atoms with Gasteiger partial charge in [0.2, 0.25) is 0 Å². The Bertz CT molecular complexity index is 78.9. The first kappa shape index (κ1) is 18.9. The first-order valence-corrected chi connectivity index (χ1v) is 5.07. The minimum absolute atomic E-state index is 0. The Hall–Kier alpha value is 1.21. The summed E-state index contributed by atoms with van der Waals surface area (Å²) in [4.78, 5) is 9.87. The van der Waals surface area contributed by atoms with Gasteiger partial charge in [0.25, 0.3) is 0 Å². The zero-order valence-corrected chi connectivity index (χ0v) is 12.9. The predicted octanol–water partition coefficient (Wildman–Crippen LogP) is 2.72. The van der Waals surface area contributed by atoms with E-state index in [1.807, 2.05) is 33.5 Å². The van der Waals surface area contributed by atoms with E-state index in [4.69, 9.17) is 0 Å². The molecule has 1 atom stereocenters. The zero-order chi connectivity index (χ0) is 9.11. The van der Waals surface area contributed by atoms with E-state index >= 15 is 0 Å². The van der Waals surface area contributed by atoms with E-state index in [1.165, 1.54) is 0 Å². The molecule has 1 nitrogen and oxygen atoms in total. The normalized spacial score (nSPS) is 10.3. The van der Waals surface area contributed by atoms with Gasteiger partial charge in [-0.15, -0.1) is 5.92 Å². The topological polar surface area (TPSA) is 17.1 Å². The van der Waals surface area contributed by atoms with Crippen molar-refractivity contribution in [2.24, 2.45) is 5.92 Å². The molecule has 0 amide bonds. The fraction of sp³-hybridized carbons (Fsp3) is 0.778. The van der Waals surface area contributed by atoms with E-state index in [-0.39, 0.29) is 41.5 Å². The third-order valence-electron chi connectivity index (χ3n) is 0.773. The van der Waals surface area contributed by atoms with Crippen molar-refractivity contribution in [2.45, 2.75) is 27.7 Å². The quantitative estimate of drug-likeness (QED) is 0.743. The van der Waals surface area contributed by atoms with Gasteiger partial charge in [0, 0.05) is 35.6 Å². The van der Waals surface area contributed by atoms with Crippen molar-refractivity contribution in [1.82, 2.24) is 0 Å². The van der Waals surface area contributed by atoms with Crippen LogP contribution in [0.2, 0.25) is 0 Å². The Morgan fingerprint density at radius 2 is 1.92 bits per heavy atom. The first-order chi connectivity index (χ1) is 5.22. The molecule has 12 heavy (non-hydrogen) atoms. The van der Waals surface area contributed by atoms with Gasteiger partial charge in [0.1, 0.15) is 0 Å². The number of rotatable bonds is 4. The molecule has 3 heteroatoms. The van der Waals surface area contributed by atoms with E-state index < -0.39 is 0 Å². The van der Waals surface area contributed by atoms with Gasteiger partial charge in [-0.25, -0.2) is 0 Å². The van der Waals surface area contributed by atoms with Crippen LogP contribution in [0.5, 0.6) is 0 Å². The Balaban J connectivity index is -0.000000177. The molecule has 1 radical (unpaired) electrons. The molecule has 0 rings (SSSR count). The SMILES string of the molecule is CCSCC(C)[C-]=O.C[CH-]C.[La]. The summed E-state index contributed by atoms with van der Waals surface area (Å²) in [6.07, 6.45) is 3.93. The smallest absolute Gasteiger partial charge is 0 e. The largest absolute Gasteiger partial charge is 0.541 e. The molecule has 0 fully saturated rings. The third kappa shape index (κ3) is 22.5. The van der Waals surface area contributed by atoms with E-state index in [9.17, 15) is 4.79 Å². The molecular weight excluding hydrogens is 295 g/mol. The van der Waals surface area contributed by atoms with Crippen LogP contribution in [0, 0.1) is 47.9 Å². The summed E-state index contributed by atoms with van der Waals surface area (Å²) >= 11 is 1.78. The van der Waals surface area contributed by atoms with Crippen molar-refractivity contribution in [3.05, 3.63) is 6.42 Å². The van der Waals surface area contributed by atoms with Crippen LogP contribution in [0.15, 0.2) is 0 Å². The summed E-state index contributed by atoms with van der Waals surface area (Å²) < 4.78 is 0. The monoisotopic (exact) mass is 313 g/mol. The Morgan fingerprint density at radius 3 is 2.17 bits per heavy atom. The number of hydrogen-bond donors (Lipinski definition) is 0. The van der Waals surface area contributed by atoms with Crippen molar-refractivity contribution in [3.8, 4) is 0 Å².